The van der Waals surface area contributed by atoms with Crippen LogP contribution in [0, 0.1) is 17.3 Å². The zero-order chi connectivity index (χ0) is 15.2. The molecule has 1 fully saturated rings. The van der Waals surface area contributed by atoms with Crippen LogP contribution in [-0.2, 0) is 9.53 Å². The third-order valence-corrected chi connectivity index (χ3v) is 5.91. The van der Waals surface area contributed by atoms with E-state index in [4.69, 9.17) is 4.74 Å². The number of thioether (sulfide) groups is 1. The van der Waals surface area contributed by atoms with Gasteiger partial charge in [-0.2, -0.15) is 11.8 Å². The van der Waals surface area contributed by atoms with Crippen molar-refractivity contribution >= 4 is 17.7 Å². The van der Waals surface area contributed by atoms with Gasteiger partial charge in [0, 0.05) is 5.25 Å². The molecule has 20 heavy (non-hydrogen) atoms. The molecule has 1 aliphatic carbocycles. The molecule has 0 aromatic carbocycles. The second-order valence-electron chi connectivity index (χ2n) is 6.94. The maximum atomic E-state index is 12.4. The van der Waals surface area contributed by atoms with Crippen LogP contribution >= 0.6 is 11.8 Å². The minimum Gasteiger partial charge on any atom is -0.465 e. The molecule has 1 unspecified atom stereocenters. The third-order valence-electron chi connectivity index (χ3n) is 4.77. The molecule has 0 bridgehead atoms. The van der Waals surface area contributed by atoms with E-state index in [9.17, 15) is 4.79 Å². The molecule has 0 N–H and O–H groups in total. The van der Waals surface area contributed by atoms with Crippen molar-refractivity contribution in [3.05, 3.63) is 0 Å². The molecular formula is C17H32O2S. The Hall–Kier alpha value is -0.180. The Morgan fingerprint density at radius 1 is 1.40 bits per heavy atom. The van der Waals surface area contributed by atoms with Crippen LogP contribution in [0.1, 0.15) is 66.2 Å². The van der Waals surface area contributed by atoms with Gasteiger partial charge < -0.3 is 4.74 Å². The molecule has 0 radical (unpaired) electrons. The first-order valence-corrected chi connectivity index (χ1v) is 9.40. The van der Waals surface area contributed by atoms with Crippen LogP contribution < -0.4 is 0 Å². The largest absolute Gasteiger partial charge is 0.465 e. The standard InChI is InChI=1S/C17H32O2S/c1-6-8-14(20-5)10-12-19-16(18)15-13(2)9-7-11-17(15,3)4/h13-15H,6-12H2,1-5H3/t13-,14?,15-/m0/s1. The monoisotopic (exact) mass is 300 g/mol. The molecule has 118 valence electrons. The lowest BCUT2D eigenvalue weighted by Gasteiger charge is -2.41. The molecule has 0 saturated heterocycles. The lowest BCUT2D eigenvalue weighted by atomic mass is 9.64. The van der Waals surface area contributed by atoms with Crippen LogP contribution in [0.25, 0.3) is 0 Å². The Bertz CT molecular complexity index is 301. The summed E-state index contributed by atoms with van der Waals surface area (Å²) < 4.78 is 5.61. The van der Waals surface area contributed by atoms with Gasteiger partial charge in [-0.3, -0.25) is 4.79 Å². The lowest BCUT2D eigenvalue weighted by molar-refractivity contribution is -0.157. The first-order valence-electron chi connectivity index (χ1n) is 8.11. The molecule has 1 saturated carbocycles. The minimum absolute atomic E-state index is 0.0403. The van der Waals surface area contributed by atoms with Crippen LogP contribution in [0.2, 0.25) is 0 Å². The summed E-state index contributed by atoms with van der Waals surface area (Å²) >= 11 is 1.89. The highest BCUT2D eigenvalue weighted by molar-refractivity contribution is 7.99. The fourth-order valence-corrected chi connectivity index (χ4v) is 4.41. The first-order chi connectivity index (χ1) is 9.42. The highest BCUT2D eigenvalue weighted by atomic mass is 32.2. The van der Waals surface area contributed by atoms with Gasteiger partial charge in [-0.15, -0.1) is 0 Å². The van der Waals surface area contributed by atoms with Crippen LogP contribution in [0.5, 0.6) is 0 Å². The van der Waals surface area contributed by atoms with E-state index in [1.165, 1.54) is 19.3 Å². The van der Waals surface area contributed by atoms with E-state index in [0.717, 1.165) is 19.3 Å². The van der Waals surface area contributed by atoms with E-state index in [0.29, 0.717) is 17.8 Å². The van der Waals surface area contributed by atoms with E-state index < -0.39 is 0 Å². The normalized spacial score (nSPS) is 27.1. The lowest BCUT2D eigenvalue weighted by Crippen LogP contribution is -2.40. The molecule has 1 rings (SSSR count). The Morgan fingerprint density at radius 3 is 2.65 bits per heavy atom. The summed E-state index contributed by atoms with van der Waals surface area (Å²) in [5.41, 5.74) is 0.0943. The molecule has 0 aliphatic heterocycles. The summed E-state index contributed by atoms with van der Waals surface area (Å²) in [6.07, 6.45) is 9.09. The van der Waals surface area contributed by atoms with Crippen molar-refractivity contribution in [3.8, 4) is 0 Å². The molecular weight excluding hydrogens is 268 g/mol. The van der Waals surface area contributed by atoms with Crippen LogP contribution in [0.15, 0.2) is 0 Å². The maximum absolute atomic E-state index is 12.4. The summed E-state index contributed by atoms with van der Waals surface area (Å²) in [6, 6.07) is 0. The summed E-state index contributed by atoms with van der Waals surface area (Å²) in [7, 11) is 0. The second-order valence-corrected chi connectivity index (χ2v) is 8.08. The molecule has 0 spiro atoms. The minimum atomic E-state index is 0.0403. The van der Waals surface area contributed by atoms with E-state index >= 15 is 0 Å². The highest BCUT2D eigenvalue weighted by Crippen LogP contribution is 2.44. The van der Waals surface area contributed by atoms with Crippen LogP contribution in [0.4, 0.5) is 0 Å². The van der Waals surface area contributed by atoms with E-state index in [1.54, 1.807) is 0 Å². The van der Waals surface area contributed by atoms with Gasteiger partial charge in [-0.1, -0.05) is 40.5 Å². The van der Waals surface area contributed by atoms with Gasteiger partial charge in [-0.05, 0) is 43.3 Å². The molecule has 0 aromatic rings. The van der Waals surface area contributed by atoms with Crippen molar-refractivity contribution in [2.45, 2.75) is 71.5 Å². The van der Waals surface area contributed by atoms with Crippen molar-refractivity contribution in [1.82, 2.24) is 0 Å². The van der Waals surface area contributed by atoms with Gasteiger partial charge in [0.15, 0.2) is 0 Å². The van der Waals surface area contributed by atoms with Crippen molar-refractivity contribution in [3.63, 3.8) is 0 Å². The van der Waals surface area contributed by atoms with E-state index in [2.05, 4.69) is 34.0 Å². The Labute approximate surface area is 129 Å². The number of hydrogen-bond acceptors (Lipinski definition) is 3. The van der Waals surface area contributed by atoms with E-state index in [1.807, 2.05) is 11.8 Å². The fourth-order valence-electron chi connectivity index (χ4n) is 3.61. The van der Waals surface area contributed by atoms with Crippen molar-refractivity contribution in [1.29, 1.82) is 0 Å². The number of hydrogen-bond donors (Lipinski definition) is 0. The molecule has 2 nitrogen and oxygen atoms in total. The molecule has 0 heterocycles. The summed E-state index contributed by atoms with van der Waals surface area (Å²) in [6.45, 7) is 9.44. The van der Waals surface area contributed by atoms with Crippen LogP contribution in [-0.4, -0.2) is 24.1 Å². The highest BCUT2D eigenvalue weighted by Gasteiger charge is 2.42. The average Bonchev–Trinajstić information content (AvgIpc) is 2.36. The number of carbonyl (C=O) groups excluding carboxylic acids is 1. The van der Waals surface area contributed by atoms with Gasteiger partial charge >= 0.3 is 5.97 Å². The smallest absolute Gasteiger partial charge is 0.309 e. The van der Waals surface area contributed by atoms with Gasteiger partial charge in [0.2, 0.25) is 0 Å². The Balaban J connectivity index is 2.45. The number of rotatable bonds is 7. The number of ether oxygens (including phenoxy) is 1. The fraction of sp³-hybridized carbons (Fsp3) is 0.941. The van der Waals surface area contributed by atoms with Gasteiger partial charge in [-0.25, -0.2) is 0 Å². The molecule has 1 aliphatic rings. The van der Waals surface area contributed by atoms with Gasteiger partial charge in [0.25, 0.3) is 0 Å². The quantitative estimate of drug-likeness (QED) is 0.625. The molecule has 0 amide bonds. The summed E-state index contributed by atoms with van der Waals surface area (Å²) in [4.78, 5) is 12.4. The zero-order valence-corrected chi connectivity index (χ0v) is 14.7. The zero-order valence-electron chi connectivity index (χ0n) is 13.9. The van der Waals surface area contributed by atoms with Crippen molar-refractivity contribution < 1.29 is 9.53 Å². The van der Waals surface area contributed by atoms with Gasteiger partial charge in [0.05, 0.1) is 12.5 Å². The topological polar surface area (TPSA) is 26.3 Å². The summed E-state index contributed by atoms with van der Waals surface area (Å²) in [5, 5.41) is 0.629. The number of esters is 1. The van der Waals surface area contributed by atoms with Crippen molar-refractivity contribution in [2.75, 3.05) is 12.9 Å². The van der Waals surface area contributed by atoms with Crippen molar-refractivity contribution in [2.24, 2.45) is 17.3 Å². The third kappa shape index (κ3) is 4.98. The molecule has 3 heteroatoms. The maximum Gasteiger partial charge on any atom is 0.309 e. The van der Waals surface area contributed by atoms with Gasteiger partial charge in [0.1, 0.15) is 0 Å². The van der Waals surface area contributed by atoms with E-state index in [-0.39, 0.29) is 17.3 Å². The average molecular weight is 301 g/mol. The Kier molecular flexibility index (Phi) is 7.42. The predicted octanol–water partition coefficient (Wildman–Crippen LogP) is 4.91. The van der Waals surface area contributed by atoms with Crippen LogP contribution in [0.3, 0.4) is 0 Å². The second kappa shape index (κ2) is 8.31. The molecule has 3 atom stereocenters. The first kappa shape index (κ1) is 17.9. The number of carbonyl (C=O) groups is 1. The Morgan fingerprint density at radius 2 is 2.10 bits per heavy atom. The SMILES string of the molecule is CCCC(CCOC(=O)[C@@H]1[C@@H](C)CCCC1(C)C)SC. The predicted molar refractivity (Wildman–Crippen MR) is 88.1 cm³/mol. The summed E-state index contributed by atoms with van der Waals surface area (Å²) in [5.74, 6) is 0.576. The molecule has 0 aromatic heterocycles.